The Kier molecular flexibility index (Phi) is 5.46. The number of aromatic nitrogens is 1. The highest BCUT2D eigenvalue weighted by Crippen LogP contribution is 2.32. The number of anilines is 1. The van der Waals surface area contributed by atoms with Crippen LogP contribution in [0.3, 0.4) is 0 Å². The first kappa shape index (κ1) is 18.9. The molecule has 1 aromatic carbocycles. The van der Waals surface area contributed by atoms with E-state index >= 15 is 0 Å². The van der Waals surface area contributed by atoms with Crippen molar-refractivity contribution in [2.24, 2.45) is 0 Å². The highest BCUT2D eigenvalue weighted by molar-refractivity contribution is 9.10. The maximum Gasteiger partial charge on any atom is 0.322 e. The summed E-state index contributed by atoms with van der Waals surface area (Å²) in [4.78, 5) is 27.0. The Bertz CT molecular complexity index is 917. The monoisotopic (exact) mass is 430 g/mol. The molecule has 8 heteroatoms. The van der Waals surface area contributed by atoms with Crippen LogP contribution in [0.25, 0.3) is 0 Å². The first-order chi connectivity index (χ1) is 12.9. The summed E-state index contributed by atoms with van der Waals surface area (Å²) in [6, 6.07) is 8.21. The molecule has 3 rings (SSSR count). The number of urea groups is 1. The van der Waals surface area contributed by atoms with Crippen LogP contribution in [0.5, 0.6) is 0 Å². The van der Waals surface area contributed by atoms with Gasteiger partial charge in [0.2, 0.25) is 0 Å². The smallest absolute Gasteiger partial charge is 0.322 e. The molecule has 7 nitrogen and oxygen atoms in total. The first-order valence-corrected chi connectivity index (χ1v) is 9.10. The van der Waals surface area contributed by atoms with Gasteiger partial charge in [0.05, 0.1) is 11.6 Å². The molecule has 0 saturated heterocycles. The zero-order valence-electron chi connectivity index (χ0n) is 15.0. The van der Waals surface area contributed by atoms with Crippen LogP contribution < -0.4 is 10.6 Å². The SMILES string of the molecule is C=CCN1C(=O)NC(c2ccc(Br)cc2)C(C(=O)Nc2cc(C)on2)=C1C. The Hall–Kier alpha value is -2.87. The lowest BCUT2D eigenvalue weighted by molar-refractivity contribution is -0.113. The molecule has 27 heavy (non-hydrogen) atoms. The number of nitrogens with zero attached hydrogens (tertiary/aromatic N) is 2. The summed E-state index contributed by atoms with van der Waals surface area (Å²) in [5.74, 6) is 0.549. The number of benzene rings is 1. The minimum Gasteiger partial charge on any atom is -0.360 e. The summed E-state index contributed by atoms with van der Waals surface area (Å²) in [6.07, 6.45) is 1.61. The van der Waals surface area contributed by atoms with Crippen molar-refractivity contribution in [1.82, 2.24) is 15.4 Å². The van der Waals surface area contributed by atoms with Crippen molar-refractivity contribution in [2.45, 2.75) is 19.9 Å². The number of hydrogen-bond donors (Lipinski definition) is 2. The van der Waals surface area contributed by atoms with Crippen molar-refractivity contribution in [1.29, 1.82) is 0 Å². The summed E-state index contributed by atoms with van der Waals surface area (Å²) in [7, 11) is 0. The van der Waals surface area contributed by atoms with Crippen LogP contribution in [-0.4, -0.2) is 28.5 Å². The molecule has 0 bridgehead atoms. The fourth-order valence-electron chi connectivity index (χ4n) is 2.94. The van der Waals surface area contributed by atoms with E-state index in [2.05, 4.69) is 38.3 Å². The van der Waals surface area contributed by atoms with Crippen molar-refractivity contribution in [3.63, 3.8) is 0 Å². The van der Waals surface area contributed by atoms with Gasteiger partial charge in [0, 0.05) is 22.8 Å². The van der Waals surface area contributed by atoms with Crippen LogP contribution in [0, 0.1) is 6.92 Å². The van der Waals surface area contributed by atoms with Gasteiger partial charge in [-0.2, -0.15) is 0 Å². The van der Waals surface area contributed by atoms with E-state index in [1.54, 1.807) is 26.0 Å². The second-order valence-corrected chi connectivity index (χ2v) is 7.03. The van der Waals surface area contributed by atoms with Gasteiger partial charge >= 0.3 is 6.03 Å². The Balaban J connectivity index is 2.02. The normalized spacial score (nSPS) is 16.9. The second-order valence-electron chi connectivity index (χ2n) is 6.11. The third-order valence-electron chi connectivity index (χ3n) is 4.23. The molecule has 1 unspecified atom stereocenters. The van der Waals surface area contributed by atoms with Crippen molar-refractivity contribution in [3.8, 4) is 0 Å². The fraction of sp³-hybridized carbons (Fsp3) is 0.211. The fourth-order valence-corrected chi connectivity index (χ4v) is 3.20. The standard InChI is InChI=1S/C19H19BrN4O3/c1-4-9-24-12(3)16(18(25)21-15-10-11(2)27-23-15)17(22-19(24)26)13-5-7-14(20)8-6-13/h4-8,10,17H,1,9H2,2-3H3,(H,22,26)(H,21,23,25). The average molecular weight is 431 g/mol. The number of aryl methyl sites for hydroxylation is 1. The predicted molar refractivity (Wildman–Crippen MR) is 105 cm³/mol. The third kappa shape index (κ3) is 3.95. The molecule has 0 fully saturated rings. The van der Waals surface area contributed by atoms with Gasteiger partial charge in [-0.25, -0.2) is 4.79 Å². The molecule has 0 aliphatic carbocycles. The van der Waals surface area contributed by atoms with Gasteiger partial charge in [-0.3, -0.25) is 9.69 Å². The third-order valence-corrected chi connectivity index (χ3v) is 4.75. The number of amides is 3. The van der Waals surface area contributed by atoms with E-state index in [1.165, 1.54) is 4.90 Å². The molecule has 2 N–H and O–H groups in total. The van der Waals surface area contributed by atoms with Crippen molar-refractivity contribution in [2.75, 3.05) is 11.9 Å². The van der Waals surface area contributed by atoms with Gasteiger partial charge in [-0.05, 0) is 31.5 Å². The van der Waals surface area contributed by atoms with Gasteiger partial charge in [-0.1, -0.05) is 39.3 Å². The molecule has 1 aliphatic heterocycles. The number of rotatable bonds is 5. The quantitative estimate of drug-likeness (QED) is 0.703. The minimum atomic E-state index is -0.584. The average Bonchev–Trinajstić information content (AvgIpc) is 3.03. The van der Waals surface area contributed by atoms with Crippen molar-refractivity contribution in [3.05, 3.63) is 70.1 Å². The molecule has 2 heterocycles. The van der Waals surface area contributed by atoms with Gasteiger partial charge in [-0.15, -0.1) is 6.58 Å². The summed E-state index contributed by atoms with van der Waals surface area (Å²) in [5.41, 5.74) is 1.79. The molecule has 2 aromatic rings. The Morgan fingerprint density at radius 3 is 2.70 bits per heavy atom. The summed E-state index contributed by atoms with van der Waals surface area (Å²) in [5, 5.41) is 9.44. The number of halogens is 1. The topological polar surface area (TPSA) is 87.5 Å². The van der Waals surface area contributed by atoms with Crippen molar-refractivity contribution >= 4 is 33.7 Å². The van der Waals surface area contributed by atoms with Crippen LogP contribution in [0.1, 0.15) is 24.3 Å². The Labute approximate surface area is 165 Å². The van der Waals surface area contributed by atoms with Crippen LogP contribution in [0.4, 0.5) is 10.6 Å². The molecular weight excluding hydrogens is 412 g/mol. The maximum atomic E-state index is 13.0. The van der Waals surface area contributed by atoms with E-state index < -0.39 is 6.04 Å². The molecular formula is C19H19BrN4O3. The van der Waals surface area contributed by atoms with Gasteiger partial charge in [0.25, 0.3) is 5.91 Å². The van der Waals surface area contributed by atoms with Crippen LogP contribution in [0.15, 0.2) is 63.3 Å². The molecule has 140 valence electrons. The van der Waals surface area contributed by atoms with Crippen LogP contribution in [-0.2, 0) is 4.79 Å². The largest absolute Gasteiger partial charge is 0.360 e. The van der Waals surface area contributed by atoms with E-state index in [1.807, 2.05) is 24.3 Å². The molecule has 0 spiro atoms. The number of nitrogens with one attached hydrogen (secondary N) is 2. The van der Waals surface area contributed by atoms with E-state index in [0.717, 1.165) is 10.0 Å². The van der Waals surface area contributed by atoms with Crippen LogP contribution in [0.2, 0.25) is 0 Å². The van der Waals surface area contributed by atoms with Crippen molar-refractivity contribution < 1.29 is 14.1 Å². The lowest BCUT2D eigenvalue weighted by atomic mass is 9.94. The number of allylic oxidation sites excluding steroid dienone is 1. The molecule has 1 aliphatic rings. The lowest BCUT2D eigenvalue weighted by Crippen LogP contribution is -2.48. The Morgan fingerprint density at radius 1 is 1.41 bits per heavy atom. The summed E-state index contributed by atoms with van der Waals surface area (Å²) in [6.45, 7) is 7.46. The predicted octanol–water partition coefficient (Wildman–Crippen LogP) is 3.91. The van der Waals surface area contributed by atoms with Gasteiger partial charge in [0.1, 0.15) is 5.76 Å². The number of carbonyl (C=O) groups excluding carboxylic acids is 2. The maximum absolute atomic E-state index is 13.0. The highest BCUT2D eigenvalue weighted by Gasteiger charge is 2.35. The molecule has 3 amide bonds. The van der Waals surface area contributed by atoms with E-state index in [4.69, 9.17) is 4.52 Å². The van der Waals surface area contributed by atoms with Crippen LogP contribution >= 0.6 is 15.9 Å². The van der Waals surface area contributed by atoms with E-state index in [-0.39, 0.29) is 11.9 Å². The van der Waals surface area contributed by atoms with E-state index in [9.17, 15) is 9.59 Å². The number of carbonyl (C=O) groups is 2. The number of hydrogen-bond acceptors (Lipinski definition) is 4. The molecule has 1 aromatic heterocycles. The summed E-state index contributed by atoms with van der Waals surface area (Å²) < 4.78 is 5.91. The zero-order chi connectivity index (χ0) is 19.6. The molecule has 1 atom stereocenters. The van der Waals surface area contributed by atoms with Gasteiger partial charge in [0.15, 0.2) is 5.82 Å². The minimum absolute atomic E-state index is 0.283. The molecule has 0 saturated carbocycles. The highest BCUT2D eigenvalue weighted by atomic mass is 79.9. The molecule has 0 radical (unpaired) electrons. The lowest BCUT2D eigenvalue weighted by Gasteiger charge is -2.35. The second kappa shape index (κ2) is 7.79. The summed E-state index contributed by atoms with van der Waals surface area (Å²) >= 11 is 3.40. The van der Waals surface area contributed by atoms with E-state index in [0.29, 0.717) is 29.4 Å². The Morgan fingerprint density at radius 2 is 2.11 bits per heavy atom. The zero-order valence-corrected chi connectivity index (χ0v) is 16.5. The van der Waals surface area contributed by atoms with Gasteiger partial charge < -0.3 is 15.2 Å². The first-order valence-electron chi connectivity index (χ1n) is 8.30.